The van der Waals surface area contributed by atoms with Crippen molar-refractivity contribution in [2.45, 2.75) is 102 Å². The molecule has 2 aliphatic carbocycles. The second kappa shape index (κ2) is 12.1. The summed E-state index contributed by atoms with van der Waals surface area (Å²) in [5.41, 5.74) is 1.38. The summed E-state index contributed by atoms with van der Waals surface area (Å²) in [6, 6.07) is 10.4. The quantitative estimate of drug-likeness (QED) is 0.309. The van der Waals surface area contributed by atoms with Crippen LogP contribution < -0.4 is 0 Å². The summed E-state index contributed by atoms with van der Waals surface area (Å²) in [7, 11) is 0. The summed E-state index contributed by atoms with van der Waals surface area (Å²) in [6.45, 7) is 4.11. The van der Waals surface area contributed by atoms with Crippen LogP contribution in [0.4, 0.5) is 17.6 Å². The van der Waals surface area contributed by atoms with Gasteiger partial charge in [0.1, 0.15) is 0 Å². The number of hydrogen-bond acceptors (Lipinski definition) is 1. The van der Waals surface area contributed by atoms with Crippen molar-refractivity contribution >= 4 is 0 Å². The molecule has 0 aliphatic heterocycles. The first kappa shape index (κ1) is 27.2. The predicted molar refractivity (Wildman–Crippen MR) is 136 cm³/mol. The van der Waals surface area contributed by atoms with Gasteiger partial charge in [-0.25, -0.2) is 8.78 Å². The van der Waals surface area contributed by atoms with Crippen LogP contribution >= 0.6 is 0 Å². The highest BCUT2D eigenvalue weighted by Crippen LogP contribution is 2.41. The van der Waals surface area contributed by atoms with Gasteiger partial charge in [-0.3, -0.25) is 0 Å². The van der Waals surface area contributed by atoms with E-state index in [9.17, 15) is 17.6 Å². The molecule has 5 heteroatoms. The first-order chi connectivity index (χ1) is 17.3. The van der Waals surface area contributed by atoms with Crippen molar-refractivity contribution in [2.75, 3.05) is 6.61 Å². The molecule has 0 unspecified atom stereocenters. The van der Waals surface area contributed by atoms with E-state index in [0.717, 1.165) is 49.7 Å². The number of hydrogen-bond donors (Lipinski definition) is 0. The fraction of sp³-hybridized carbons (Fsp3) is 0.613. The summed E-state index contributed by atoms with van der Waals surface area (Å²) < 4.78 is 63.8. The smallest absolute Gasteiger partial charge is 0.316 e. The Morgan fingerprint density at radius 1 is 0.722 bits per heavy atom. The second-order valence-corrected chi connectivity index (χ2v) is 10.9. The zero-order valence-electron chi connectivity index (χ0n) is 21.7. The average Bonchev–Trinajstić information content (AvgIpc) is 2.90. The maximum absolute atomic E-state index is 14.8. The molecule has 0 bridgehead atoms. The molecule has 4 rings (SSSR count). The SMILES string of the molecule is CCC1CCC(c2ccc(CCOC(F)(F)c3ccc(C4CCC(CC)CC4)c(F)c3F)cc2)CC1. The minimum absolute atomic E-state index is 0.115. The number of rotatable bonds is 9. The van der Waals surface area contributed by atoms with Gasteiger partial charge in [0.15, 0.2) is 11.6 Å². The highest BCUT2D eigenvalue weighted by Gasteiger charge is 2.38. The van der Waals surface area contributed by atoms with Gasteiger partial charge in [-0.15, -0.1) is 0 Å². The molecule has 0 spiro atoms. The minimum atomic E-state index is -3.89. The maximum Gasteiger partial charge on any atom is 0.386 e. The third kappa shape index (κ3) is 6.33. The topological polar surface area (TPSA) is 9.23 Å². The zero-order valence-corrected chi connectivity index (χ0v) is 21.7. The van der Waals surface area contributed by atoms with Crippen LogP contribution in [0.1, 0.15) is 112 Å². The summed E-state index contributed by atoms with van der Waals surface area (Å²) in [4.78, 5) is 0. The Balaban J connectivity index is 1.32. The number of ether oxygens (including phenoxy) is 1. The van der Waals surface area contributed by atoms with E-state index in [-0.39, 0.29) is 24.5 Å². The second-order valence-electron chi connectivity index (χ2n) is 10.9. The normalized spacial score (nSPS) is 25.2. The molecule has 0 heterocycles. The molecule has 0 N–H and O–H groups in total. The molecule has 36 heavy (non-hydrogen) atoms. The first-order valence-corrected chi connectivity index (χ1v) is 13.9. The van der Waals surface area contributed by atoms with Crippen molar-refractivity contribution in [3.05, 3.63) is 70.3 Å². The van der Waals surface area contributed by atoms with Gasteiger partial charge in [0.2, 0.25) is 0 Å². The lowest BCUT2D eigenvalue weighted by Gasteiger charge is -2.29. The standard InChI is InChI=1S/C31H40F4O/c1-3-21-5-11-24(12-6-21)25-13-9-23(10-14-25)19-20-36-31(34,35)28-18-17-27(29(32)30(28)33)26-15-7-22(4-2)8-16-26/h9-10,13-14,17-18,21-22,24,26H,3-8,11-12,15-16,19-20H2,1-2H3. The fourth-order valence-electron chi connectivity index (χ4n) is 6.22. The highest BCUT2D eigenvalue weighted by molar-refractivity contribution is 5.31. The van der Waals surface area contributed by atoms with Gasteiger partial charge in [0, 0.05) is 0 Å². The monoisotopic (exact) mass is 504 g/mol. The molecule has 2 aromatic carbocycles. The number of halogens is 4. The van der Waals surface area contributed by atoms with Crippen molar-refractivity contribution in [1.29, 1.82) is 0 Å². The first-order valence-electron chi connectivity index (χ1n) is 13.9. The van der Waals surface area contributed by atoms with Crippen molar-refractivity contribution in [2.24, 2.45) is 11.8 Å². The van der Waals surface area contributed by atoms with E-state index in [0.29, 0.717) is 11.8 Å². The maximum atomic E-state index is 14.8. The Kier molecular flexibility index (Phi) is 9.14. The molecule has 0 aromatic heterocycles. The van der Waals surface area contributed by atoms with Crippen molar-refractivity contribution in [3.63, 3.8) is 0 Å². The Morgan fingerprint density at radius 3 is 1.83 bits per heavy atom. The van der Waals surface area contributed by atoms with Crippen molar-refractivity contribution in [1.82, 2.24) is 0 Å². The van der Waals surface area contributed by atoms with Gasteiger partial charge in [0.25, 0.3) is 0 Å². The Bertz CT molecular complexity index is 971. The van der Waals surface area contributed by atoms with Crippen LogP contribution in [0.5, 0.6) is 0 Å². The molecule has 2 fully saturated rings. The summed E-state index contributed by atoms with van der Waals surface area (Å²) in [5.74, 6) is -0.727. The van der Waals surface area contributed by atoms with E-state index in [2.05, 4.69) is 26.0 Å². The van der Waals surface area contributed by atoms with Gasteiger partial charge < -0.3 is 4.74 Å². The van der Waals surface area contributed by atoms with Gasteiger partial charge in [-0.05, 0) is 104 Å². The highest BCUT2D eigenvalue weighted by atomic mass is 19.3. The Labute approximate surface area is 213 Å². The number of alkyl halides is 2. The molecule has 2 aromatic rings. The molecule has 0 amide bonds. The summed E-state index contributed by atoms with van der Waals surface area (Å²) in [6.07, 6.45) is 7.11. The third-order valence-electron chi connectivity index (χ3n) is 8.84. The van der Waals surface area contributed by atoms with Crippen LogP contribution in [0, 0.1) is 23.5 Å². The van der Waals surface area contributed by atoms with Crippen molar-refractivity contribution in [3.8, 4) is 0 Å². The van der Waals surface area contributed by atoms with Crippen LogP contribution in [-0.2, 0) is 17.3 Å². The van der Waals surface area contributed by atoms with Gasteiger partial charge >= 0.3 is 6.11 Å². The van der Waals surface area contributed by atoms with Crippen molar-refractivity contribution < 1.29 is 22.3 Å². The zero-order chi connectivity index (χ0) is 25.7. The van der Waals surface area contributed by atoms with E-state index in [4.69, 9.17) is 4.74 Å². The molecule has 2 aliphatic rings. The Hall–Kier alpha value is -1.88. The largest absolute Gasteiger partial charge is 0.386 e. The molecule has 198 valence electrons. The molecule has 0 atom stereocenters. The van der Waals surface area contributed by atoms with Gasteiger partial charge in [-0.1, -0.05) is 57.0 Å². The molecular weight excluding hydrogens is 464 g/mol. The number of benzene rings is 2. The fourth-order valence-corrected chi connectivity index (χ4v) is 6.22. The minimum Gasteiger partial charge on any atom is -0.316 e. The third-order valence-corrected chi connectivity index (χ3v) is 8.84. The van der Waals surface area contributed by atoms with E-state index >= 15 is 0 Å². The lowest BCUT2D eigenvalue weighted by atomic mass is 9.77. The van der Waals surface area contributed by atoms with Crippen LogP contribution in [-0.4, -0.2) is 6.61 Å². The van der Waals surface area contributed by atoms with Gasteiger partial charge in [0.05, 0.1) is 12.2 Å². The van der Waals surface area contributed by atoms with E-state index < -0.39 is 23.3 Å². The van der Waals surface area contributed by atoms with E-state index in [1.165, 1.54) is 43.7 Å². The molecule has 0 radical (unpaired) electrons. The van der Waals surface area contributed by atoms with Crippen LogP contribution in [0.15, 0.2) is 36.4 Å². The molecule has 2 saturated carbocycles. The van der Waals surface area contributed by atoms with Crippen LogP contribution in [0.3, 0.4) is 0 Å². The Morgan fingerprint density at radius 2 is 1.28 bits per heavy atom. The lowest BCUT2D eigenvalue weighted by molar-refractivity contribution is -0.249. The van der Waals surface area contributed by atoms with Crippen LogP contribution in [0.2, 0.25) is 0 Å². The van der Waals surface area contributed by atoms with Gasteiger partial charge in [-0.2, -0.15) is 8.78 Å². The predicted octanol–water partition coefficient (Wildman–Crippen LogP) is 9.64. The van der Waals surface area contributed by atoms with E-state index in [1.807, 2.05) is 12.1 Å². The molecular formula is C31H40F4O. The average molecular weight is 505 g/mol. The van der Waals surface area contributed by atoms with E-state index in [1.54, 1.807) is 0 Å². The molecule has 0 saturated heterocycles. The molecule has 1 nitrogen and oxygen atoms in total. The summed E-state index contributed by atoms with van der Waals surface area (Å²) in [5, 5.41) is 0. The van der Waals surface area contributed by atoms with Crippen LogP contribution in [0.25, 0.3) is 0 Å². The summed E-state index contributed by atoms with van der Waals surface area (Å²) >= 11 is 0. The lowest BCUT2D eigenvalue weighted by Crippen LogP contribution is -2.23.